The van der Waals surface area contributed by atoms with E-state index in [9.17, 15) is 15.4 Å². The van der Waals surface area contributed by atoms with Crippen molar-refractivity contribution in [1.29, 1.82) is 10.5 Å². The molecule has 1 aliphatic heterocycles. The maximum atomic E-state index is 11.2. The SMILES string of the molecule is N#CNC1=NC(c2ccc(Cl)c([N+](=O)[O-])c2)c2c(nc(N)c(C#N)c2N)N1. The van der Waals surface area contributed by atoms with Gasteiger partial charge in [0.15, 0.2) is 6.19 Å². The monoisotopic (exact) mass is 383 g/mol. The lowest BCUT2D eigenvalue weighted by atomic mass is 9.95. The molecule has 1 aromatic carbocycles. The number of anilines is 3. The number of nitro groups is 1. The smallest absolute Gasteiger partial charge is 0.288 e. The lowest BCUT2D eigenvalue weighted by Crippen LogP contribution is -2.32. The number of aromatic nitrogens is 1. The number of aliphatic imine (C=N–C) groups is 1. The van der Waals surface area contributed by atoms with E-state index in [4.69, 9.17) is 28.3 Å². The molecule has 0 fully saturated rings. The molecular formula is C15H10ClN9O2. The number of nitro benzene ring substituents is 1. The highest BCUT2D eigenvalue weighted by atomic mass is 35.5. The lowest BCUT2D eigenvalue weighted by molar-refractivity contribution is -0.384. The zero-order chi connectivity index (χ0) is 19.7. The second-order valence-electron chi connectivity index (χ2n) is 5.37. The summed E-state index contributed by atoms with van der Waals surface area (Å²) in [5.74, 6) is 0.128. The van der Waals surface area contributed by atoms with E-state index in [0.29, 0.717) is 11.1 Å². The first-order valence-electron chi connectivity index (χ1n) is 7.30. The van der Waals surface area contributed by atoms with Gasteiger partial charge in [-0.2, -0.15) is 10.5 Å². The molecule has 0 saturated carbocycles. The summed E-state index contributed by atoms with van der Waals surface area (Å²) < 4.78 is 0. The van der Waals surface area contributed by atoms with E-state index >= 15 is 0 Å². The average molecular weight is 384 g/mol. The van der Waals surface area contributed by atoms with Crippen LogP contribution in [0.15, 0.2) is 23.2 Å². The Hall–Kier alpha value is -4.09. The van der Waals surface area contributed by atoms with Gasteiger partial charge >= 0.3 is 0 Å². The molecule has 0 bridgehead atoms. The van der Waals surface area contributed by atoms with Crippen LogP contribution in [0.4, 0.5) is 23.0 Å². The van der Waals surface area contributed by atoms with Crippen LogP contribution in [-0.4, -0.2) is 15.9 Å². The first-order valence-corrected chi connectivity index (χ1v) is 7.67. The van der Waals surface area contributed by atoms with Crippen LogP contribution in [0.25, 0.3) is 0 Å². The van der Waals surface area contributed by atoms with Crippen molar-refractivity contribution in [2.45, 2.75) is 6.04 Å². The van der Waals surface area contributed by atoms with E-state index in [1.807, 2.05) is 6.07 Å². The van der Waals surface area contributed by atoms with Crippen LogP contribution < -0.4 is 22.1 Å². The number of hydrogen-bond donors (Lipinski definition) is 4. The van der Waals surface area contributed by atoms with Gasteiger partial charge in [-0.05, 0) is 11.6 Å². The van der Waals surface area contributed by atoms with E-state index in [1.165, 1.54) is 18.2 Å². The summed E-state index contributed by atoms with van der Waals surface area (Å²) in [6, 6.07) is 5.13. The number of nitrogen functional groups attached to an aromatic ring is 2. The third-order valence-corrected chi connectivity index (χ3v) is 4.16. The van der Waals surface area contributed by atoms with Gasteiger partial charge in [0.05, 0.1) is 10.6 Å². The number of guanidine groups is 1. The molecular weight excluding hydrogens is 374 g/mol. The number of fused-ring (bicyclic) bond motifs is 1. The van der Waals surface area contributed by atoms with E-state index in [2.05, 4.69) is 20.6 Å². The molecule has 0 amide bonds. The number of nitrogens with two attached hydrogens (primary N) is 2. The van der Waals surface area contributed by atoms with E-state index < -0.39 is 11.0 Å². The van der Waals surface area contributed by atoms with E-state index in [1.54, 1.807) is 6.19 Å². The first kappa shape index (κ1) is 17.7. The fraction of sp³-hybridized carbons (Fsp3) is 0.0667. The van der Waals surface area contributed by atoms with Crippen molar-refractivity contribution in [2.24, 2.45) is 4.99 Å². The van der Waals surface area contributed by atoms with Crippen LogP contribution in [0.5, 0.6) is 0 Å². The lowest BCUT2D eigenvalue weighted by Gasteiger charge is -2.26. The highest BCUT2D eigenvalue weighted by molar-refractivity contribution is 6.32. The quantitative estimate of drug-likeness (QED) is 0.258. The second kappa shape index (κ2) is 6.67. The van der Waals surface area contributed by atoms with Gasteiger partial charge < -0.3 is 16.8 Å². The summed E-state index contributed by atoms with van der Waals surface area (Å²) in [6.07, 6.45) is 1.72. The number of pyridine rings is 1. The van der Waals surface area contributed by atoms with Gasteiger partial charge in [0.25, 0.3) is 5.69 Å². The molecule has 1 aromatic heterocycles. The fourth-order valence-corrected chi connectivity index (χ4v) is 2.85. The van der Waals surface area contributed by atoms with E-state index in [0.717, 1.165) is 0 Å². The Labute approximate surface area is 157 Å². The van der Waals surface area contributed by atoms with Crippen molar-refractivity contribution in [3.8, 4) is 12.3 Å². The van der Waals surface area contributed by atoms with Crippen LogP contribution in [0.1, 0.15) is 22.7 Å². The molecule has 12 heteroatoms. The van der Waals surface area contributed by atoms with Gasteiger partial charge in [0, 0.05) is 11.6 Å². The van der Waals surface area contributed by atoms with Gasteiger partial charge in [0.1, 0.15) is 34.3 Å². The minimum Gasteiger partial charge on any atom is -0.397 e. The first-order chi connectivity index (χ1) is 12.9. The summed E-state index contributed by atoms with van der Waals surface area (Å²) in [6.45, 7) is 0. The number of rotatable bonds is 2. The van der Waals surface area contributed by atoms with Crippen molar-refractivity contribution in [1.82, 2.24) is 10.3 Å². The van der Waals surface area contributed by atoms with E-state index in [-0.39, 0.29) is 39.6 Å². The van der Waals surface area contributed by atoms with Crippen LogP contribution in [-0.2, 0) is 0 Å². The molecule has 1 aliphatic rings. The molecule has 134 valence electrons. The molecule has 2 heterocycles. The van der Waals surface area contributed by atoms with Gasteiger partial charge in [0.2, 0.25) is 5.96 Å². The zero-order valence-electron chi connectivity index (χ0n) is 13.4. The molecule has 27 heavy (non-hydrogen) atoms. The van der Waals surface area contributed by atoms with Gasteiger partial charge in [-0.25, -0.2) is 9.98 Å². The molecule has 3 rings (SSSR count). The Morgan fingerprint density at radius 3 is 2.74 bits per heavy atom. The third-order valence-electron chi connectivity index (χ3n) is 3.84. The third kappa shape index (κ3) is 2.99. The topological polar surface area (TPSA) is 192 Å². The number of hydrogen-bond acceptors (Lipinski definition) is 10. The summed E-state index contributed by atoms with van der Waals surface area (Å²) in [7, 11) is 0. The number of nitrogens with one attached hydrogen (secondary N) is 2. The molecule has 0 aliphatic carbocycles. The Bertz CT molecular complexity index is 1080. The summed E-state index contributed by atoms with van der Waals surface area (Å²) >= 11 is 5.87. The molecule has 2 aromatic rings. The van der Waals surface area contributed by atoms with Crippen molar-refractivity contribution in [2.75, 3.05) is 16.8 Å². The standard InChI is InChI=1S/C15H10ClN9O2/c16-8-2-1-6(3-9(8)25(26)27)12-10-11(19)7(4-17)13(20)23-14(10)24-15(22-12)21-5-18/h1-3,12H,(H6,19,20,21,22,23,24). The zero-order valence-corrected chi connectivity index (χ0v) is 14.2. The number of halogens is 1. The molecule has 0 saturated heterocycles. The van der Waals surface area contributed by atoms with Crippen molar-refractivity contribution in [3.05, 3.63) is 50.0 Å². The number of nitriles is 2. The predicted molar refractivity (Wildman–Crippen MR) is 97.5 cm³/mol. The Balaban J connectivity index is 2.27. The van der Waals surface area contributed by atoms with Crippen LogP contribution in [0, 0.1) is 32.9 Å². The molecule has 0 spiro atoms. The normalized spacial score (nSPS) is 14.8. The Kier molecular flexibility index (Phi) is 4.38. The van der Waals surface area contributed by atoms with Crippen LogP contribution in [0.2, 0.25) is 5.02 Å². The molecule has 0 radical (unpaired) electrons. The van der Waals surface area contributed by atoms with Gasteiger partial charge in [-0.1, -0.05) is 17.7 Å². The van der Waals surface area contributed by atoms with Crippen molar-refractivity contribution >= 4 is 40.6 Å². The summed E-state index contributed by atoms with van der Waals surface area (Å²) in [4.78, 5) is 19.0. The predicted octanol–water partition coefficient (Wildman–Crippen LogP) is 1.62. The van der Waals surface area contributed by atoms with Crippen LogP contribution >= 0.6 is 11.6 Å². The molecule has 1 unspecified atom stereocenters. The minimum absolute atomic E-state index is 0.0316. The minimum atomic E-state index is -0.881. The average Bonchev–Trinajstić information content (AvgIpc) is 2.61. The summed E-state index contributed by atoms with van der Waals surface area (Å²) in [5.41, 5.74) is 12.2. The van der Waals surface area contributed by atoms with Crippen molar-refractivity contribution < 1.29 is 4.92 Å². The maximum Gasteiger partial charge on any atom is 0.288 e. The molecule has 1 atom stereocenters. The highest BCUT2D eigenvalue weighted by Crippen LogP contribution is 2.41. The largest absolute Gasteiger partial charge is 0.397 e. The van der Waals surface area contributed by atoms with Crippen LogP contribution in [0.3, 0.4) is 0 Å². The Morgan fingerprint density at radius 2 is 2.11 bits per heavy atom. The highest BCUT2D eigenvalue weighted by Gasteiger charge is 2.30. The summed E-state index contributed by atoms with van der Waals surface area (Å²) in [5, 5.41) is 34.4. The second-order valence-corrected chi connectivity index (χ2v) is 5.78. The molecule has 11 nitrogen and oxygen atoms in total. The fourth-order valence-electron chi connectivity index (χ4n) is 2.66. The number of benzene rings is 1. The maximum absolute atomic E-state index is 11.2. The number of nitrogens with zero attached hydrogens (tertiary/aromatic N) is 5. The van der Waals surface area contributed by atoms with Gasteiger partial charge in [-0.15, -0.1) is 0 Å². The molecule has 6 N–H and O–H groups in total. The van der Waals surface area contributed by atoms with Crippen molar-refractivity contribution in [3.63, 3.8) is 0 Å². The Morgan fingerprint density at radius 1 is 1.37 bits per heavy atom. The van der Waals surface area contributed by atoms with Gasteiger partial charge in [-0.3, -0.25) is 15.4 Å².